The standard InChI is InChI=1S/C31H39NO12.C2H6.CH4S/c1-22(35)32(14-12-24-8-5-7-23-10-11-25(39-4)15-27(23)24)30(38)43-21-42-28(36)9-6-13-31(2,3)16-29(37)44-26(17-40-19-33)18-41-20-34;2*1-2/h5,7-8,10-11,15,19-20,26H,6,9,12-14,16-18,21H2,1-4H3;1-2H3;2H,1H3. The first kappa shape index (κ1) is 43.7. The van der Waals surface area contributed by atoms with Gasteiger partial charge in [0.05, 0.1) is 13.5 Å². The third kappa shape index (κ3) is 17.0. The molecule has 14 heteroatoms. The van der Waals surface area contributed by atoms with E-state index in [9.17, 15) is 28.8 Å². The van der Waals surface area contributed by atoms with Gasteiger partial charge in [0.2, 0.25) is 12.7 Å². The molecule has 268 valence electrons. The van der Waals surface area contributed by atoms with E-state index in [1.54, 1.807) is 13.4 Å². The number of benzene rings is 2. The van der Waals surface area contributed by atoms with Gasteiger partial charge in [0.15, 0.2) is 6.10 Å². The average Bonchev–Trinajstić information content (AvgIpc) is 3.07. The van der Waals surface area contributed by atoms with Crippen molar-refractivity contribution in [1.29, 1.82) is 0 Å². The summed E-state index contributed by atoms with van der Waals surface area (Å²) in [4.78, 5) is 71.0. The normalized spacial score (nSPS) is 10.3. The number of esters is 2. The van der Waals surface area contributed by atoms with Crippen LogP contribution < -0.4 is 4.74 Å². The quantitative estimate of drug-likeness (QED) is 0.0666. The Kier molecular flexibility index (Phi) is 22.6. The number of amides is 2. The molecule has 0 aliphatic carbocycles. The molecule has 2 rings (SSSR count). The fraction of sp³-hybridized carbons (Fsp3) is 0.529. The van der Waals surface area contributed by atoms with Gasteiger partial charge in [-0.25, -0.2) is 9.69 Å². The lowest BCUT2D eigenvalue weighted by molar-refractivity contribution is -0.162. The molecule has 0 bridgehead atoms. The van der Waals surface area contributed by atoms with E-state index in [-0.39, 0.29) is 45.5 Å². The molecular formula is C34H49NO12S. The van der Waals surface area contributed by atoms with Gasteiger partial charge >= 0.3 is 18.0 Å². The predicted octanol–water partition coefficient (Wildman–Crippen LogP) is 5.29. The molecule has 0 saturated carbocycles. The number of nitrogens with zero attached hydrogens (tertiary/aromatic N) is 1. The van der Waals surface area contributed by atoms with Gasteiger partial charge in [-0.15, -0.1) is 0 Å². The lowest BCUT2D eigenvalue weighted by atomic mass is 9.84. The van der Waals surface area contributed by atoms with E-state index in [1.165, 1.54) is 6.92 Å². The smallest absolute Gasteiger partial charge is 0.419 e. The molecule has 48 heavy (non-hydrogen) atoms. The third-order valence-electron chi connectivity index (χ3n) is 6.64. The largest absolute Gasteiger partial charge is 0.497 e. The van der Waals surface area contributed by atoms with Crippen molar-refractivity contribution in [2.24, 2.45) is 5.41 Å². The van der Waals surface area contributed by atoms with E-state index in [1.807, 2.05) is 64.1 Å². The van der Waals surface area contributed by atoms with Crippen molar-refractivity contribution < 1.29 is 57.2 Å². The Labute approximate surface area is 287 Å². The monoisotopic (exact) mass is 695 g/mol. The summed E-state index contributed by atoms with van der Waals surface area (Å²) in [6.07, 6.45) is 1.02. The molecule has 0 aliphatic heterocycles. The van der Waals surface area contributed by atoms with Crippen molar-refractivity contribution in [1.82, 2.24) is 4.90 Å². The van der Waals surface area contributed by atoms with Crippen LogP contribution in [0.3, 0.4) is 0 Å². The molecule has 0 saturated heterocycles. The molecule has 0 N–H and O–H groups in total. The Bertz CT molecular complexity index is 1290. The molecule has 0 radical (unpaired) electrons. The van der Waals surface area contributed by atoms with E-state index in [0.29, 0.717) is 25.0 Å². The zero-order chi connectivity index (χ0) is 36.5. The summed E-state index contributed by atoms with van der Waals surface area (Å²) in [5, 5.41) is 1.93. The summed E-state index contributed by atoms with van der Waals surface area (Å²) in [7, 11) is 1.58. The highest BCUT2D eigenvalue weighted by atomic mass is 32.1. The number of ether oxygens (including phenoxy) is 6. The fourth-order valence-corrected chi connectivity index (χ4v) is 4.39. The Balaban J connectivity index is 0.00000531. The Hall–Kier alpha value is -4.33. The number of carbonyl (C=O) groups is 6. The number of thiol groups is 1. The number of methoxy groups -OCH3 is 1. The number of hydrogen-bond donors (Lipinski definition) is 1. The van der Waals surface area contributed by atoms with Crippen LogP contribution in [0.4, 0.5) is 4.79 Å². The average molecular weight is 696 g/mol. The van der Waals surface area contributed by atoms with Gasteiger partial charge in [0, 0.05) is 19.9 Å². The van der Waals surface area contributed by atoms with Gasteiger partial charge in [-0.3, -0.25) is 24.0 Å². The SMILES string of the molecule is CC.COc1ccc2cccc(CCN(C(C)=O)C(=O)OCOC(=O)CCCC(C)(C)CC(=O)OC(COC=O)COC=O)c2c1.CS. The van der Waals surface area contributed by atoms with Gasteiger partial charge in [-0.05, 0) is 59.4 Å². The van der Waals surface area contributed by atoms with Gasteiger partial charge in [-0.2, -0.15) is 12.6 Å². The molecule has 0 aromatic heterocycles. The van der Waals surface area contributed by atoms with E-state index < -0.39 is 42.3 Å². The molecule has 0 atom stereocenters. The van der Waals surface area contributed by atoms with Crippen LogP contribution in [-0.4, -0.2) is 87.8 Å². The van der Waals surface area contributed by atoms with Crippen molar-refractivity contribution in [2.75, 3.05) is 39.9 Å². The molecule has 0 aliphatic rings. The molecule has 0 unspecified atom stereocenters. The van der Waals surface area contributed by atoms with Crippen molar-refractivity contribution in [3.05, 3.63) is 42.0 Å². The highest BCUT2D eigenvalue weighted by molar-refractivity contribution is 7.79. The summed E-state index contributed by atoms with van der Waals surface area (Å²) in [6, 6.07) is 11.4. The van der Waals surface area contributed by atoms with E-state index in [2.05, 4.69) is 22.1 Å². The van der Waals surface area contributed by atoms with E-state index in [4.69, 9.17) is 18.9 Å². The van der Waals surface area contributed by atoms with Crippen LogP contribution in [0.15, 0.2) is 36.4 Å². The molecule has 13 nitrogen and oxygen atoms in total. The van der Waals surface area contributed by atoms with Crippen molar-refractivity contribution >= 4 is 60.3 Å². The van der Waals surface area contributed by atoms with E-state index in [0.717, 1.165) is 21.2 Å². The van der Waals surface area contributed by atoms with Gasteiger partial charge in [-0.1, -0.05) is 52.0 Å². The minimum atomic E-state index is -0.937. The number of hydrogen-bond acceptors (Lipinski definition) is 13. The number of carbonyl (C=O) groups excluding carboxylic acids is 6. The van der Waals surface area contributed by atoms with Crippen molar-refractivity contribution in [2.45, 2.75) is 72.8 Å². The lowest BCUT2D eigenvalue weighted by Crippen LogP contribution is -2.37. The maximum absolute atomic E-state index is 12.6. The number of fused-ring (bicyclic) bond motifs is 1. The second kappa shape index (κ2) is 24.8. The van der Waals surface area contributed by atoms with Crippen LogP contribution in [-0.2, 0) is 54.1 Å². The Morgan fingerprint density at radius 1 is 0.938 bits per heavy atom. The Morgan fingerprint density at radius 2 is 1.58 bits per heavy atom. The molecule has 0 heterocycles. The van der Waals surface area contributed by atoms with Crippen LogP contribution in [0, 0.1) is 5.41 Å². The highest BCUT2D eigenvalue weighted by Gasteiger charge is 2.26. The first-order valence-corrected chi connectivity index (χ1v) is 16.3. The summed E-state index contributed by atoms with van der Waals surface area (Å²) in [5.41, 5.74) is 0.365. The van der Waals surface area contributed by atoms with Gasteiger partial charge in [0.1, 0.15) is 19.0 Å². The molecule has 0 spiro atoms. The van der Waals surface area contributed by atoms with Crippen LogP contribution >= 0.6 is 12.6 Å². The summed E-state index contributed by atoms with van der Waals surface area (Å²) in [6.45, 7) is 8.13. The molecule has 0 fully saturated rings. The molecule has 2 aromatic carbocycles. The summed E-state index contributed by atoms with van der Waals surface area (Å²) in [5.74, 6) is -1.03. The van der Waals surface area contributed by atoms with Crippen LogP contribution in [0.2, 0.25) is 0 Å². The minimum absolute atomic E-state index is 0.0000307. The van der Waals surface area contributed by atoms with Crippen LogP contribution in [0.5, 0.6) is 5.75 Å². The molecule has 2 aromatic rings. The number of rotatable bonds is 19. The predicted molar refractivity (Wildman–Crippen MR) is 181 cm³/mol. The highest BCUT2D eigenvalue weighted by Crippen LogP contribution is 2.28. The fourth-order valence-electron chi connectivity index (χ4n) is 4.39. The number of imide groups is 1. The maximum Gasteiger partial charge on any atom is 0.419 e. The van der Waals surface area contributed by atoms with E-state index >= 15 is 0 Å². The molecular weight excluding hydrogens is 646 g/mol. The second-order valence-electron chi connectivity index (χ2n) is 10.6. The van der Waals surface area contributed by atoms with Gasteiger partial charge in [0.25, 0.3) is 12.9 Å². The Morgan fingerprint density at radius 3 is 2.17 bits per heavy atom. The zero-order valence-corrected chi connectivity index (χ0v) is 29.7. The summed E-state index contributed by atoms with van der Waals surface area (Å²) >= 11 is 3.53. The molecule has 2 amide bonds. The first-order valence-electron chi connectivity index (χ1n) is 15.4. The zero-order valence-electron chi connectivity index (χ0n) is 28.9. The second-order valence-corrected chi connectivity index (χ2v) is 10.6. The van der Waals surface area contributed by atoms with Crippen molar-refractivity contribution in [3.8, 4) is 5.75 Å². The minimum Gasteiger partial charge on any atom is -0.497 e. The van der Waals surface area contributed by atoms with Crippen molar-refractivity contribution in [3.63, 3.8) is 0 Å². The lowest BCUT2D eigenvalue weighted by Gasteiger charge is -2.24. The summed E-state index contributed by atoms with van der Waals surface area (Å²) < 4.78 is 29.7. The van der Waals surface area contributed by atoms with Crippen LogP contribution in [0.1, 0.15) is 65.9 Å². The van der Waals surface area contributed by atoms with Gasteiger partial charge < -0.3 is 28.4 Å². The maximum atomic E-state index is 12.6. The topological polar surface area (TPSA) is 161 Å². The first-order chi connectivity index (χ1) is 23.0. The van der Waals surface area contributed by atoms with Crippen LogP contribution in [0.25, 0.3) is 10.8 Å². The third-order valence-corrected chi connectivity index (χ3v) is 6.64.